The average molecular weight is 479 g/mol. The standard InChI is InChI=1S/C21H23N3O6S2/c25-10-16(27)21(30)20(29)15(26)9-22-11-1-3-13-17(7-11)32-18-8-12(2-4-14(18)24-13)23-19(28)5-6-31/h1-4,7-9,15-16,20-21,25-27,29-31H,5-6,10H2/p+1/t15-,16+,20-,21+/m0/s1. The lowest BCUT2D eigenvalue weighted by atomic mass is 10.0. The second kappa shape index (κ2) is 11.1. The second-order valence-electron chi connectivity index (χ2n) is 7.07. The molecule has 170 valence electrons. The fourth-order valence-electron chi connectivity index (χ4n) is 2.89. The smallest absolute Gasteiger partial charge is 0.247 e. The van der Waals surface area contributed by atoms with E-state index in [-0.39, 0.29) is 12.3 Å². The number of benzene rings is 2. The Labute approximate surface area is 192 Å². The van der Waals surface area contributed by atoms with Gasteiger partial charge >= 0.3 is 0 Å². The van der Waals surface area contributed by atoms with Gasteiger partial charge in [0.1, 0.15) is 34.0 Å². The van der Waals surface area contributed by atoms with Crippen molar-refractivity contribution in [3.05, 3.63) is 41.8 Å². The van der Waals surface area contributed by atoms with E-state index < -0.39 is 31.0 Å². The predicted molar refractivity (Wildman–Crippen MR) is 123 cm³/mol. The van der Waals surface area contributed by atoms with E-state index >= 15 is 0 Å². The van der Waals surface area contributed by atoms with Crippen molar-refractivity contribution in [2.75, 3.05) is 12.4 Å². The number of aliphatic hydroxyl groups excluding tert-OH is 5. The first-order chi connectivity index (χ1) is 15.3. The minimum atomic E-state index is -1.72. The average Bonchev–Trinajstić information content (AvgIpc) is 2.79. The number of amides is 1. The zero-order chi connectivity index (χ0) is 23.3. The molecule has 1 aromatic rings. The number of rotatable bonds is 8. The van der Waals surface area contributed by atoms with E-state index in [0.717, 1.165) is 27.0 Å². The maximum absolute atomic E-state index is 11.8. The van der Waals surface area contributed by atoms with Crippen LogP contribution in [0, 0.1) is 0 Å². The van der Waals surface area contributed by atoms with Crippen molar-refractivity contribution >= 4 is 52.0 Å². The van der Waals surface area contributed by atoms with Gasteiger partial charge in [0.25, 0.3) is 0 Å². The van der Waals surface area contributed by atoms with E-state index in [0.29, 0.717) is 16.8 Å². The number of hydrogen-bond donors (Lipinski definition) is 6. The first-order valence-electron chi connectivity index (χ1n) is 9.78. The van der Waals surface area contributed by atoms with Crippen LogP contribution in [0.4, 0.5) is 5.69 Å². The molecule has 32 heavy (non-hydrogen) atoms. The van der Waals surface area contributed by atoms with Crippen molar-refractivity contribution in [1.29, 1.82) is 0 Å². The van der Waals surface area contributed by atoms with Gasteiger partial charge < -0.3 is 25.5 Å². The number of thiol groups is 1. The number of carbonyl (C=O) groups excluding carboxylic acids is 1. The molecule has 0 bridgehead atoms. The Morgan fingerprint density at radius 3 is 2.62 bits per heavy atom. The molecule has 0 spiro atoms. The van der Waals surface area contributed by atoms with Gasteiger partial charge in [0, 0.05) is 24.8 Å². The normalized spacial score (nSPS) is 16.5. The zero-order valence-electron chi connectivity index (χ0n) is 16.9. The highest BCUT2D eigenvalue weighted by Gasteiger charge is 2.29. The van der Waals surface area contributed by atoms with Crippen LogP contribution in [0.15, 0.2) is 46.4 Å². The van der Waals surface area contributed by atoms with Gasteiger partial charge in [-0.2, -0.15) is 12.6 Å². The maximum atomic E-state index is 11.8. The summed E-state index contributed by atoms with van der Waals surface area (Å²) in [7, 11) is 0. The fourth-order valence-corrected chi connectivity index (χ4v) is 4.14. The van der Waals surface area contributed by atoms with Gasteiger partial charge in [0.15, 0.2) is 0 Å². The molecule has 1 aromatic carbocycles. The third-order valence-corrected chi connectivity index (χ3v) is 6.00. The number of nitrogens with zero attached hydrogens (tertiary/aromatic N) is 2. The Hall–Kier alpha value is -2.25. The van der Waals surface area contributed by atoms with Gasteiger partial charge in [-0.15, -0.1) is 11.3 Å². The van der Waals surface area contributed by atoms with Gasteiger partial charge in [-0.25, -0.2) is 9.98 Å². The van der Waals surface area contributed by atoms with Crippen LogP contribution in [0.25, 0.3) is 20.8 Å². The molecule has 0 radical (unpaired) electrons. The molecule has 0 aromatic heterocycles. The summed E-state index contributed by atoms with van der Waals surface area (Å²) in [6.45, 7) is -0.753. The van der Waals surface area contributed by atoms with Gasteiger partial charge in [0.05, 0.1) is 17.7 Å². The van der Waals surface area contributed by atoms with Gasteiger partial charge in [-0.05, 0) is 30.0 Å². The van der Waals surface area contributed by atoms with Crippen LogP contribution >= 0.6 is 24.0 Å². The Bertz CT molecular complexity index is 1150. The van der Waals surface area contributed by atoms with Crippen molar-refractivity contribution in [3.63, 3.8) is 0 Å². The van der Waals surface area contributed by atoms with Crippen LogP contribution in [0.3, 0.4) is 0 Å². The summed E-state index contributed by atoms with van der Waals surface area (Å²) < 4.78 is 0.858. The number of H-pyrrole nitrogens is 1. The van der Waals surface area contributed by atoms with Crippen molar-refractivity contribution in [2.45, 2.75) is 30.8 Å². The molecule has 0 fully saturated rings. The van der Waals surface area contributed by atoms with Gasteiger partial charge in [0.2, 0.25) is 17.1 Å². The summed E-state index contributed by atoms with van der Waals surface area (Å²) in [6, 6.07) is 10.7. The third-order valence-electron chi connectivity index (χ3n) is 4.66. The second-order valence-corrected chi connectivity index (χ2v) is 8.60. The van der Waals surface area contributed by atoms with E-state index in [1.807, 2.05) is 18.2 Å². The van der Waals surface area contributed by atoms with Crippen molar-refractivity contribution < 1.29 is 35.3 Å². The maximum Gasteiger partial charge on any atom is 0.247 e. The summed E-state index contributed by atoms with van der Waals surface area (Å²) in [5.74, 6) is 0.204. The fraction of sp³-hybridized carbons (Fsp3) is 0.333. The molecule has 1 amide bonds. The highest BCUT2D eigenvalue weighted by Crippen LogP contribution is 2.29. The monoisotopic (exact) mass is 478 g/mol. The molecule has 2 aliphatic rings. The van der Waals surface area contributed by atoms with Gasteiger partial charge in [-0.3, -0.25) is 9.79 Å². The van der Waals surface area contributed by atoms with Crippen LogP contribution in [0.2, 0.25) is 0 Å². The Balaban J connectivity index is 1.87. The summed E-state index contributed by atoms with van der Waals surface area (Å²) in [5.41, 5.74) is 2.24. The largest absolute Gasteiger partial charge is 0.394 e. The number of aliphatic imine (C=N–C) groups is 1. The number of aromatic nitrogens is 1. The first kappa shape index (κ1) is 24.4. The molecule has 1 aliphatic heterocycles. The Morgan fingerprint density at radius 1 is 1.12 bits per heavy atom. The summed E-state index contributed by atoms with van der Waals surface area (Å²) in [6.07, 6.45) is -5.24. The molecular formula is C21H24N3O6S2+. The molecule has 3 rings (SSSR count). The minimum Gasteiger partial charge on any atom is -0.394 e. The van der Waals surface area contributed by atoms with E-state index in [4.69, 9.17) is 5.11 Å². The number of aromatic amines is 1. The Morgan fingerprint density at radius 2 is 1.91 bits per heavy atom. The molecule has 0 saturated carbocycles. The van der Waals surface area contributed by atoms with E-state index in [2.05, 4.69) is 27.6 Å². The summed E-state index contributed by atoms with van der Waals surface area (Å²) in [5, 5.41) is 48.3. The lowest BCUT2D eigenvalue weighted by Gasteiger charge is -2.23. The lowest BCUT2D eigenvalue weighted by Crippen LogP contribution is -2.46. The molecule has 1 heterocycles. The molecule has 1 aliphatic carbocycles. The Kier molecular flexibility index (Phi) is 8.43. The van der Waals surface area contributed by atoms with Crippen LogP contribution in [-0.4, -0.2) is 74.4 Å². The van der Waals surface area contributed by atoms with Gasteiger partial charge in [-0.1, -0.05) is 0 Å². The first-order valence-corrected chi connectivity index (χ1v) is 11.2. The van der Waals surface area contributed by atoms with E-state index in [1.54, 1.807) is 18.2 Å². The molecule has 0 unspecified atom stereocenters. The van der Waals surface area contributed by atoms with Crippen LogP contribution < -0.4 is 10.3 Å². The number of fused-ring (bicyclic) bond motifs is 2. The summed E-state index contributed by atoms with van der Waals surface area (Å²) >= 11 is 5.51. The molecule has 0 saturated heterocycles. The van der Waals surface area contributed by atoms with Crippen molar-refractivity contribution in [3.8, 4) is 10.6 Å². The van der Waals surface area contributed by atoms with Crippen LogP contribution in [0.5, 0.6) is 0 Å². The SMILES string of the molecule is O=C(CCS)N=c1ccc2[nH+]c3ccc(N=C[C@H](O)[C@H](O)[C@H](O)[C@H](O)CO)cc3sc-2c1. The number of carbonyl (C=O) groups is 1. The predicted octanol–water partition coefficient (Wildman–Crippen LogP) is -0.294. The highest BCUT2D eigenvalue weighted by atomic mass is 32.1. The highest BCUT2D eigenvalue weighted by molar-refractivity contribution is 7.80. The van der Waals surface area contributed by atoms with Crippen molar-refractivity contribution in [2.24, 2.45) is 9.98 Å². The van der Waals surface area contributed by atoms with Crippen LogP contribution in [-0.2, 0) is 4.79 Å². The number of hydrogen-bond acceptors (Lipinski definition) is 9. The molecular weight excluding hydrogens is 454 g/mol. The zero-order valence-corrected chi connectivity index (χ0v) is 18.6. The van der Waals surface area contributed by atoms with Crippen molar-refractivity contribution in [1.82, 2.24) is 0 Å². The molecule has 11 heteroatoms. The lowest BCUT2D eigenvalue weighted by molar-refractivity contribution is -0.330. The molecule has 6 N–H and O–H groups in total. The molecule has 9 nitrogen and oxygen atoms in total. The summed E-state index contributed by atoms with van der Waals surface area (Å²) in [4.78, 5) is 24.2. The number of nitrogens with one attached hydrogen (secondary N) is 1. The topological polar surface area (TPSA) is 157 Å². The number of aliphatic hydroxyl groups is 5. The third kappa shape index (κ3) is 5.95. The van der Waals surface area contributed by atoms with E-state index in [1.165, 1.54) is 11.3 Å². The van der Waals surface area contributed by atoms with E-state index in [9.17, 15) is 25.2 Å². The molecule has 4 atom stereocenters. The minimum absolute atomic E-state index is 0.233. The van der Waals surface area contributed by atoms with Crippen LogP contribution in [0.1, 0.15) is 6.42 Å². The quantitative estimate of drug-likeness (QED) is 0.148.